The van der Waals surface area contributed by atoms with Crippen molar-refractivity contribution in [2.75, 3.05) is 16.4 Å². The van der Waals surface area contributed by atoms with Gasteiger partial charge in [0, 0.05) is 11.6 Å². The van der Waals surface area contributed by atoms with Crippen LogP contribution in [0, 0.1) is 26.7 Å². The van der Waals surface area contributed by atoms with Gasteiger partial charge in [0.2, 0.25) is 16.9 Å². The number of amides is 2. The number of carbonyl (C=O) groups excluding carboxylic acids is 2. The molecule has 150 valence electrons. The molecule has 6 nitrogen and oxygen atoms in total. The van der Waals surface area contributed by atoms with E-state index in [1.54, 1.807) is 0 Å². The van der Waals surface area contributed by atoms with Gasteiger partial charge in [-0.3, -0.25) is 9.59 Å². The van der Waals surface area contributed by atoms with Gasteiger partial charge in [-0.05, 0) is 44.7 Å². The zero-order chi connectivity index (χ0) is 20.1. The van der Waals surface area contributed by atoms with Gasteiger partial charge in [0.05, 0.1) is 5.75 Å². The summed E-state index contributed by atoms with van der Waals surface area (Å²) in [4.78, 5) is 24.6. The van der Waals surface area contributed by atoms with Gasteiger partial charge in [0.15, 0.2) is 4.34 Å². The molecule has 1 aliphatic carbocycles. The number of anilines is 2. The fourth-order valence-electron chi connectivity index (χ4n) is 3.57. The van der Waals surface area contributed by atoms with E-state index in [0.29, 0.717) is 9.47 Å². The van der Waals surface area contributed by atoms with E-state index < -0.39 is 0 Å². The van der Waals surface area contributed by atoms with Gasteiger partial charge >= 0.3 is 0 Å². The molecule has 0 bridgehead atoms. The molecule has 8 heteroatoms. The molecule has 0 radical (unpaired) electrons. The third-order valence-corrected chi connectivity index (χ3v) is 6.85. The largest absolute Gasteiger partial charge is 0.325 e. The zero-order valence-corrected chi connectivity index (χ0v) is 18.1. The molecule has 0 aliphatic heterocycles. The molecule has 0 unspecified atom stereocenters. The van der Waals surface area contributed by atoms with Crippen LogP contribution in [0.1, 0.15) is 48.8 Å². The van der Waals surface area contributed by atoms with Crippen LogP contribution in [-0.4, -0.2) is 27.8 Å². The first-order valence-corrected chi connectivity index (χ1v) is 11.4. The first-order valence-electron chi connectivity index (χ1n) is 9.57. The van der Waals surface area contributed by atoms with Gasteiger partial charge in [-0.15, -0.1) is 10.2 Å². The van der Waals surface area contributed by atoms with Crippen LogP contribution in [0.4, 0.5) is 10.8 Å². The van der Waals surface area contributed by atoms with Crippen LogP contribution in [0.5, 0.6) is 0 Å². The molecule has 2 aromatic rings. The number of hydrogen-bond acceptors (Lipinski definition) is 6. The summed E-state index contributed by atoms with van der Waals surface area (Å²) in [5.41, 5.74) is 4.16. The number of benzene rings is 1. The second kappa shape index (κ2) is 9.52. The molecule has 0 spiro atoms. The molecule has 2 N–H and O–H groups in total. The number of aromatic nitrogens is 2. The molecular weight excluding hydrogens is 392 g/mol. The second-order valence-electron chi connectivity index (χ2n) is 7.31. The van der Waals surface area contributed by atoms with E-state index in [0.717, 1.165) is 42.5 Å². The highest BCUT2D eigenvalue weighted by Crippen LogP contribution is 2.29. The van der Waals surface area contributed by atoms with Crippen molar-refractivity contribution >= 4 is 45.7 Å². The van der Waals surface area contributed by atoms with Crippen LogP contribution in [0.15, 0.2) is 16.5 Å². The Bertz CT molecular complexity index is 837. The average molecular weight is 419 g/mol. The summed E-state index contributed by atoms with van der Waals surface area (Å²) < 4.78 is 0.673. The Kier molecular flexibility index (Phi) is 7.07. The molecule has 1 aliphatic rings. The summed E-state index contributed by atoms with van der Waals surface area (Å²) in [5.74, 6) is 0.289. The lowest BCUT2D eigenvalue weighted by atomic mass is 9.89. The molecule has 1 aromatic heterocycles. The zero-order valence-electron chi connectivity index (χ0n) is 16.5. The van der Waals surface area contributed by atoms with Crippen molar-refractivity contribution in [3.05, 3.63) is 28.8 Å². The number of rotatable bonds is 6. The fraction of sp³-hybridized carbons (Fsp3) is 0.500. The second-order valence-corrected chi connectivity index (χ2v) is 9.51. The standard InChI is InChI=1S/C20H26N4O2S2/c1-12-9-13(2)17(14(3)10-12)21-16(25)11-27-20-24-23-19(28-20)22-18(26)15-7-5-4-6-8-15/h9-10,15H,4-8,11H2,1-3H3,(H,21,25)(H,22,23,26). The summed E-state index contributed by atoms with van der Waals surface area (Å²) in [6.45, 7) is 6.03. The maximum atomic E-state index is 12.3. The molecule has 3 rings (SSSR count). The molecule has 1 fully saturated rings. The first kappa shape index (κ1) is 20.8. The van der Waals surface area contributed by atoms with Gasteiger partial charge in [0.25, 0.3) is 0 Å². The highest BCUT2D eigenvalue weighted by Gasteiger charge is 2.22. The number of thioether (sulfide) groups is 1. The number of nitrogens with zero attached hydrogens (tertiary/aromatic N) is 2. The molecule has 28 heavy (non-hydrogen) atoms. The van der Waals surface area contributed by atoms with Crippen molar-refractivity contribution in [3.8, 4) is 0 Å². The molecule has 0 saturated heterocycles. The predicted octanol–water partition coefficient (Wildman–Crippen LogP) is 4.71. The first-order chi connectivity index (χ1) is 13.4. The van der Waals surface area contributed by atoms with Crippen LogP contribution in [0.2, 0.25) is 0 Å². The lowest BCUT2D eigenvalue weighted by Crippen LogP contribution is -2.24. The van der Waals surface area contributed by atoms with Crippen molar-refractivity contribution < 1.29 is 9.59 Å². The summed E-state index contributed by atoms with van der Waals surface area (Å²) >= 11 is 2.64. The number of aryl methyl sites for hydroxylation is 3. The fourth-order valence-corrected chi connectivity index (χ4v) is 5.13. The Hall–Kier alpha value is -1.93. The minimum Gasteiger partial charge on any atom is -0.325 e. The van der Waals surface area contributed by atoms with E-state index >= 15 is 0 Å². The highest BCUT2D eigenvalue weighted by atomic mass is 32.2. The van der Waals surface area contributed by atoms with Crippen molar-refractivity contribution in [1.82, 2.24) is 10.2 Å². The number of carbonyl (C=O) groups is 2. The molecule has 1 heterocycles. The van der Waals surface area contributed by atoms with Crippen molar-refractivity contribution in [2.45, 2.75) is 57.2 Å². The van der Waals surface area contributed by atoms with Crippen LogP contribution in [-0.2, 0) is 9.59 Å². The number of hydrogen-bond donors (Lipinski definition) is 2. The Labute approximate surface area is 173 Å². The highest BCUT2D eigenvalue weighted by molar-refractivity contribution is 8.01. The SMILES string of the molecule is Cc1cc(C)c(NC(=O)CSc2nnc(NC(=O)C3CCCCC3)s2)c(C)c1. The Morgan fingerprint density at radius 1 is 1.07 bits per heavy atom. The summed E-state index contributed by atoms with van der Waals surface area (Å²) in [7, 11) is 0. The lowest BCUT2D eigenvalue weighted by molar-refractivity contribution is -0.120. The maximum Gasteiger partial charge on any atom is 0.234 e. The van der Waals surface area contributed by atoms with E-state index in [9.17, 15) is 9.59 Å². The van der Waals surface area contributed by atoms with E-state index in [2.05, 4.69) is 33.0 Å². The maximum absolute atomic E-state index is 12.3. The normalized spacial score (nSPS) is 14.7. The quantitative estimate of drug-likeness (QED) is 0.524. The smallest absolute Gasteiger partial charge is 0.234 e. The van der Waals surface area contributed by atoms with Gasteiger partial charge in [0.1, 0.15) is 0 Å². The van der Waals surface area contributed by atoms with E-state index in [-0.39, 0.29) is 23.5 Å². The molecule has 2 amide bonds. The van der Waals surface area contributed by atoms with Crippen molar-refractivity contribution in [1.29, 1.82) is 0 Å². The van der Waals surface area contributed by atoms with Crippen LogP contribution < -0.4 is 10.6 Å². The average Bonchev–Trinajstić information content (AvgIpc) is 3.11. The van der Waals surface area contributed by atoms with Gasteiger partial charge in [-0.25, -0.2) is 0 Å². The minimum absolute atomic E-state index is 0.0375. The van der Waals surface area contributed by atoms with Crippen molar-refractivity contribution in [3.63, 3.8) is 0 Å². The summed E-state index contributed by atoms with van der Waals surface area (Å²) in [6.07, 6.45) is 5.34. The van der Waals surface area contributed by atoms with E-state index in [4.69, 9.17) is 0 Å². The minimum atomic E-state index is -0.0805. The van der Waals surface area contributed by atoms with Crippen LogP contribution in [0.25, 0.3) is 0 Å². The number of nitrogens with one attached hydrogen (secondary N) is 2. The van der Waals surface area contributed by atoms with E-state index in [1.165, 1.54) is 35.1 Å². The molecular formula is C20H26N4O2S2. The molecule has 0 atom stereocenters. The van der Waals surface area contributed by atoms with Crippen LogP contribution in [0.3, 0.4) is 0 Å². The third-order valence-electron chi connectivity index (χ3n) is 4.88. The Morgan fingerprint density at radius 3 is 2.43 bits per heavy atom. The Balaban J connectivity index is 1.50. The Morgan fingerprint density at radius 2 is 1.75 bits per heavy atom. The van der Waals surface area contributed by atoms with Gasteiger partial charge < -0.3 is 10.6 Å². The summed E-state index contributed by atoms with van der Waals surface area (Å²) in [5, 5.41) is 14.5. The van der Waals surface area contributed by atoms with Crippen molar-refractivity contribution in [2.24, 2.45) is 5.92 Å². The van der Waals surface area contributed by atoms with Crippen LogP contribution >= 0.6 is 23.1 Å². The topological polar surface area (TPSA) is 84.0 Å². The molecule has 1 aromatic carbocycles. The van der Waals surface area contributed by atoms with Gasteiger partial charge in [-0.2, -0.15) is 0 Å². The van der Waals surface area contributed by atoms with Gasteiger partial charge in [-0.1, -0.05) is 60.1 Å². The van der Waals surface area contributed by atoms with E-state index in [1.807, 2.05) is 20.8 Å². The predicted molar refractivity (Wildman–Crippen MR) is 115 cm³/mol. The third kappa shape index (κ3) is 5.54. The molecule has 1 saturated carbocycles. The summed E-state index contributed by atoms with van der Waals surface area (Å²) in [6, 6.07) is 4.11. The lowest BCUT2D eigenvalue weighted by Gasteiger charge is -2.19. The monoisotopic (exact) mass is 418 g/mol.